The number of ether oxygens (including phenoxy) is 1. The third-order valence-corrected chi connectivity index (χ3v) is 5.93. The normalized spacial score (nSPS) is 16.8. The standard InChI is InChI=1S/C17H24N2O6S/c1-25-11-10-18-26(23,24)14-7-5-6-13(12-14)15(20)19-17(16(21)22)8-3-2-4-9-17/h5-7,12,18H,2-4,8-11H2,1H3,(H,19,20)(H,21,22). The van der Waals surface area contributed by atoms with Gasteiger partial charge in [0.05, 0.1) is 11.5 Å². The van der Waals surface area contributed by atoms with E-state index in [0.717, 1.165) is 19.3 Å². The number of methoxy groups -OCH3 is 1. The van der Waals surface area contributed by atoms with Crippen LogP contribution in [0.15, 0.2) is 29.2 Å². The molecule has 1 aromatic rings. The quantitative estimate of drug-likeness (QED) is 0.578. The highest BCUT2D eigenvalue weighted by atomic mass is 32.2. The fourth-order valence-electron chi connectivity index (χ4n) is 3.00. The SMILES string of the molecule is COCCNS(=O)(=O)c1cccc(C(=O)NC2(C(=O)O)CCCCC2)c1. The molecule has 1 aromatic carbocycles. The van der Waals surface area contributed by atoms with Crippen molar-refractivity contribution in [3.05, 3.63) is 29.8 Å². The summed E-state index contributed by atoms with van der Waals surface area (Å²) in [7, 11) is -2.32. The van der Waals surface area contributed by atoms with Crippen molar-refractivity contribution in [2.24, 2.45) is 0 Å². The van der Waals surface area contributed by atoms with Gasteiger partial charge in [-0.05, 0) is 31.0 Å². The molecule has 3 N–H and O–H groups in total. The van der Waals surface area contributed by atoms with Crippen molar-refractivity contribution in [3.8, 4) is 0 Å². The summed E-state index contributed by atoms with van der Waals surface area (Å²) in [6.45, 7) is 0.331. The summed E-state index contributed by atoms with van der Waals surface area (Å²) >= 11 is 0. The minimum absolute atomic E-state index is 0.0609. The zero-order chi connectivity index (χ0) is 19.2. The highest BCUT2D eigenvalue weighted by Gasteiger charge is 2.41. The lowest BCUT2D eigenvalue weighted by Crippen LogP contribution is -2.55. The van der Waals surface area contributed by atoms with Crippen LogP contribution in [0.5, 0.6) is 0 Å². The van der Waals surface area contributed by atoms with Crippen LogP contribution in [0.25, 0.3) is 0 Å². The van der Waals surface area contributed by atoms with Gasteiger partial charge >= 0.3 is 5.97 Å². The number of carbonyl (C=O) groups excluding carboxylic acids is 1. The Labute approximate surface area is 153 Å². The maximum Gasteiger partial charge on any atom is 0.329 e. The number of hydrogen-bond acceptors (Lipinski definition) is 5. The Morgan fingerprint density at radius 2 is 1.92 bits per heavy atom. The van der Waals surface area contributed by atoms with E-state index in [-0.39, 0.29) is 23.6 Å². The summed E-state index contributed by atoms with van der Waals surface area (Å²) < 4.78 is 31.7. The van der Waals surface area contributed by atoms with Crippen molar-refractivity contribution in [1.82, 2.24) is 10.0 Å². The lowest BCUT2D eigenvalue weighted by atomic mass is 9.81. The van der Waals surface area contributed by atoms with E-state index in [1.165, 1.54) is 31.4 Å². The van der Waals surface area contributed by atoms with Crippen molar-refractivity contribution in [2.45, 2.75) is 42.5 Å². The molecule has 1 aliphatic carbocycles. The highest BCUT2D eigenvalue weighted by Crippen LogP contribution is 2.29. The second-order valence-electron chi connectivity index (χ2n) is 6.32. The van der Waals surface area contributed by atoms with Gasteiger partial charge in [0.25, 0.3) is 5.91 Å². The van der Waals surface area contributed by atoms with Gasteiger partial charge in [-0.2, -0.15) is 0 Å². The number of benzene rings is 1. The Morgan fingerprint density at radius 3 is 2.54 bits per heavy atom. The number of aliphatic carboxylic acids is 1. The zero-order valence-corrected chi connectivity index (χ0v) is 15.5. The second-order valence-corrected chi connectivity index (χ2v) is 8.09. The van der Waals surface area contributed by atoms with E-state index in [2.05, 4.69) is 10.0 Å². The predicted molar refractivity (Wildman–Crippen MR) is 94.4 cm³/mol. The van der Waals surface area contributed by atoms with Crippen LogP contribution in [-0.2, 0) is 19.6 Å². The number of nitrogens with one attached hydrogen (secondary N) is 2. The van der Waals surface area contributed by atoms with Crippen LogP contribution in [0.3, 0.4) is 0 Å². The maximum absolute atomic E-state index is 12.6. The number of rotatable bonds is 8. The molecule has 1 aliphatic rings. The van der Waals surface area contributed by atoms with E-state index in [1.807, 2.05) is 0 Å². The molecule has 144 valence electrons. The van der Waals surface area contributed by atoms with Crippen molar-refractivity contribution in [3.63, 3.8) is 0 Å². The molecule has 0 atom stereocenters. The fraction of sp³-hybridized carbons (Fsp3) is 0.529. The minimum Gasteiger partial charge on any atom is -0.480 e. The van der Waals surface area contributed by atoms with E-state index < -0.39 is 27.4 Å². The zero-order valence-electron chi connectivity index (χ0n) is 14.7. The van der Waals surface area contributed by atoms with Gasteiger partial charge in [0.2, 0.25) is 10.0 Å². The number of carboxylic acids is 1. The third kappa shape index (κ3) is 4.80. The number of hydrogen-bond donors (Lipinski definition) is 3. The fourth-order valence-corrected chi connectivity index (χ4v) is 4.06. The predicted octanol–water partition coefficient (Wildman–Crippen LogP) is 1.13. The first-order valence-corrected chi connectivity index (χ1v) is 9.94. The maximum atomic E-state index is 12.6. The van der Waals surface area contributed by atoms with Gasteiger partial charge in [-0.15, -0.1) is 0 Å². The number of sulfonamides is 1. The molecule has 0 heterocycles. The first-order valence-electron chi connectivity index (χ1n) is 8.45. The Kier molecular flexibility index (Phi) is 6.74. The molecule has 0 spiro atoms. The Balaban J connectivity index is 2.18. The van der Waals surface area contributed by atoms with Crippen molar-refractivity contribution < 1.29 is 27.9 Å². The lowest BCUT2D eigenvalue weighted by molar-refractivity contribution is -0.145. The number of carboxylic acid groups (broad SMARTS) is 1. The van der Waals surface area contributed by atoms with Crippen LogP contribution < -0.4 is 10.0 Å². The van der Waals surface area contributed by atoms with Crippen LogP contribution >= 0.6 is 0 Å². The number of carbonyl (C=O) groups is 2. The average molecular weight is 384 g/mol. The first kappa shape index (κ1) is 20.3. The molecule has 0 saturated heterocycles. The lowest BCUT2D eigenvalue weighted by Gasteiger charge is -2.34. The molecular weight excluding hydrogens is 360 g/mol. The molecular formula is C17H24N2O6S. The van der Waals surface area contributed by atoms with Crippen LogP contribution in [0.4, 0.5) is 0 Å². The van der Waals surface area contributed by atoms with Crippen molar-refractivity contribution >= 4 is 21.9 Å². The van der Waals surface area contributed by atoms with E-state index in [0.29, 0.717) is 12.8 Å². The molecule has 0 unspecified atom stereocenters. The van der Waals surface area contributed by atoms with E-state index in [1.54, 1.807) is 0 Å². The molecule has 0 radical (unpaired) electrons. The monoisotopic (exact) mass is 384 g/mol. The van der Waals surface area contributed by atoms with E-state index >= 15 is 0 Å². The van der Waals surface area contributed by atoms with Gasteiger partial charge in [0.1, 0.15) is 5.54 Å². The molecule has 1 amide bonds. The average Bonchev–Trinajstić information content (AvgIpc) is 2.62. The second kappa shape index (κ2) is 8.61. The number of amides is 1. The summed E-state index contributed by atoms with van der Waals surface area (Å²) in [5.74, 6) is -1.65. The van der Waals surface area contributed by atoms with Gasteiger partial charge in [0, 0.05) is 19.2 Å². The molecule has 0 aliphatic heterocycles. The molecule has 0 bridgehead atoms. The van der Waals surface area contributed by atoms with Gasteiger partial charge in [-0.3, -0.25) is 4.79 Å². The smallest absolute Gasteiger partial charge is 0.329 e. The molecule has 0 aromatic heterocycles. The molecule has 9 heteroatoms. The van der Waals surface area contributed by atoms with E-state index in [4.69, 9.17) is 4.74 Å². The van der Waals surface area contributed by atoms with Crippen LogP contribution in [0.1, 0.15) is 42.5 Å². The summed E-state index contributed by atoms with van der Waals surface area (Å²) in [6.07, 6.45) is 3.12. The first-order chi connectivity index (χ1) is 12.3. The Bertz CT molecular complexity index is 756. The van der Waals surface area contributed by atoms with Gasteiger partial charge in [-0.25, -0.2) is 17.9 Å². The molecule has 2 rings (SSSR count). The van der Waals surface area contributed by atoms with E-state index in [9.17, 15) is 23.1 Å². The Morgan fingerprint density at radius 1 is 1.23 bits per heavy atom. The largest absolute Gasteiger partial charge is 0.480 e. The van der Waals surface area contributed by atoms with Gasteiger partial charge in [0.15, 0.2) is 0 Å². The van der Waals surface area contributed by atoms with Crippen LogP contribution in [0.2, 0.25) is 0 Å². The highest BCUT2D eigenvalue weighted by molar-refractivity contribution is 7.89. The molecule has 8 nitrogen and oxygen atoms in total. The van der Waals surface area contributed by atoms with Gasteiger partial charge < -0.3 is 15.2 Å². The molecule has 1 saturated carbocycles. The summed E-state index contributed by atoms with van der Waals surface area (Å²) in [5, 5.41) is 12.2. The molecule has 1 fully saturated rings. The topological polar surface area (TPSA) is 122 Å². The van der Waals surface area contributed by atoms with Crippen molar-refractivity contribution in [2.75, 3.05) is 20.3 Å². The van der Waals surface area contributed by atoms with Crippen LogP contribution in [-0.4, -0.2) is 51.2 Å². The molecule has 26 heavy (non-hydrogen) atoms. The van der Waals surface area contributed by atoms with Crippen molar-refractivity contribution in [1.29, 1.82) is 0 Å². The van der Waals surface area contributed by atoms with Gasteiger partial charge in [-0.1, -0.05) is 25.3 Å². The minimum atomic E-state index is -3.78. The summed E-state index contributed by atoms with van der Waals surface area (Å²) in [5.41, 5.74) is -1.19. The Hall–Kier alpha value is -1.97. The summed E-state index contributed by atoms with van der Waals surface area (Å²) in [6, 6.07) is 5.53. The third-order valence-electron chi connectivity index (χ3n) is 4.47. The van der Waals surface area contributed by atoms with Crippen LogP contribution in [0, 0.1) is 0 Å². The summed E-state index contributed by atoms with van der Waals surface area (Å²) in [4.78, 5) is 24.2.